The van der Waals surface area contributed by atoms with E-state index in [0.29, 0.717) is 12.3 Å². The molecule has 1 saturated carbocycles. The van der Waals surface area contributed by atoms with Crippen molar-refractivity contribution < 1.29 is 13.9 Å². The molecule has 0 aliphatic heterocycles. The van der Waals surface area contributed by atoms with Crippen molar-refractivity contribution in [2.45, 2.75) is 51.9 Å². The van der Waals surface area contributed by atoms with Gasteiger partial charge in [0.25, 0.3) is 0 Å². The molecule has 1 fully saturated rings. The van der Waals surface area contributed by atoms with Gasteiger partial charge in [-0.25, -0.2) is 4.39 Å². The van der Waals surface area contributed by atoms with E-state index in [-0.39, 0.29) is 17.3 Å². The third-order valence-electron chi connectivity index (χ3n) is 4.59. The summed E-state index contributed by atoms with van der Waals surface area (Å²) in [5, 5.41) is 8.66. The molecular weight excluding hydrogens is 281 g/mol. The van der Waals surface area contributed by atoms with Gasteiger partial charge >= 0.3 is 5.97 Å². The zero-order chi connectivity index (χ0) is 15.9. The Bertz CT molecular complexity index is 557. The second-order valence-electron chi connectivity index (χ2n) is 6.06. The van der Waals surface area contributed by atoms with Crippen LogP contribution in [-0.4, -0.2) is 5.97 Å². The minimum Gasteiger partial charge on any atom is -0.426 e. The first-order chi connectivity index (χ1) is 10.6. The van der Waals surface area contributed by atoms with E-state index in [2.05, 4.69) is 6.92 Å². The molecule has 3 nitrogen and oxygen atoms in total. The highest BCUT2D eigenvalue weighted by Gasteiger charge is 2.21. The summed E-state index contributed by atoms with van der Waals surface area (Å²) in [6, 6.07) is 5.60. The Morgan fingerprint density at radius 2 is 2.00 bits per heavy atom. The number of nitriles is 1. The molecule has 118 valence electrons. The van der Waals surface area contributed by atoms with Crippen molar-refractivity contribution in [1.82, 2.24) is 0 Å². The van der Waals surface area contributed by atoms with Crippen molar-refractivity contribution in [1.29, 1.82) is 5.26 Å². The van der Waals surface area contributed by atoms with E-state index >= 15 is 0 Å². The summed E-state index contributed by atoms with van der Waals surface area (Å²) in [7, 11) is 0. The van der Waals surface area contributed by atoms with Crippen molar-refractivity contribution in [2.24, 2.45) is 11.8 Å². The number of hydrogen-bond acceptors (Lipinski definition) is 3. The van der Waals surface area contributed by atoms with Crippen LogP contribution in [0.4, 0.5) is 4.39 Å². The number of esters is 1. The molecule has 1 aliphatic rings. The summed E-state index contributed by atoms with van der Waals surface area (Å²) in [6.07, 6.45) is 7.36. The Kier molecular flexibility index (Phi) is 5.94. The average molecular weight is 303 g/mol. The molecule has 0 bridgehead atoms. The standard InChI is InChI=1S/C18H22FNO2/c1-2-13-3-5-14(6-4-13)7-10-18(21)22-16-9-8-15(12-20)17(19)11-16/h8-9,11,13-14H,2-7,10H2,1H3. The fourth-order valence-corrected chi connectivity index (χ4v) is 3.08. The van der Waals surface area contributed by atoms with Gasteiger partial charge in [0.2, 0.25) is 0 Å². The molecular formula is C18H22FNO2. The molecule has 0 saturated heterocycles. The molecule has 1 aliphatic carbocycles. The zero-order valence-electron chi connectivity index (χ0n) is 13.0. The zero-order valence-corrected chi connectivity index (χ0v) is 13.0. The number of carbonyl (C=O) groups excluding carboxylic acids is 1. The molecule has 4 heteroatoms. The molecule has 0 heterocycles. The van der Waals surface area contributed by atoms with Gasteiger partial charge in [0.1, 0.15) is 17.6 Å². The SMILES string of the molecule is CCC1CCC(CCC(=O)Oc2ccc(C#N)c(F)c2)CC1. The van der Waals surface area contributed by atoms with Crippen molar-refractivity contribution >= 4 is 5.97 Å². The lowest BCUT2D eigenvalue weighted by Gasteiger charge is -2.27. The van der Waals surface area contributed by atoms with Gasteiger partial charge in [-0.3, -0.25) is 4.79 Å². The summed E-state index contributed by atoms with van der Waals surface area (Å²) in [5.41, 5.74) is -0.0486. The highest BCUT2D eigenvalue weighted by atomic mass is 19.1. The highest BCUT2D eigenvalue weighted by Crippen LogP contribution is 2.33. The normalized spacial score (nSPS) is 21.1. The maximum Gasteiger partial charge on any atom is 0.311 e. The number of carbonyl (C=O) groups is 1. The van der Waals surface area contributed by atoms with Crippen LogP contribution < -0.4 is 4.74 Å². The van der Waals surface area contributed by atoms with Gasteiger partial charge in [0.05, 0.1) is 5.56 Å². The Hall–Kier alpha value is -1.89. The average Bonchev–Trinajstić information content (AvgIpc) is 2.53. The van der Waals surface area contributed by atoms with Gasteiger partial charge in [0.15, 0.2) is 0 Å². The first kappa shape index (κ1) is 16.5. The number of hydrogen-bond donors (Lipinski definition) is 0. The summed E-state index contributed by atoms with van der Waals surface area (Å²) in [4.78, 5) is 11.8. The molecule has 2 rings (SSSR count). The van der Waals surface area contributed by atoms with Crippen LogP contribution in [0.1, 0.15) is 57.4 Å². The molecule has 0 unspecified atom stereocenters. The number of ether oxygens (including phenoxy) is 1. The van der Waals surface area contributed by atoms with Gasteiger partial charge in [0, 0.05) is 12.5 Å². The molecule has 1 aromatic carbocycles. The summed E-state index contributed by atoms with van der Waals surface area (Å²) in [5.74, 6) is 0.626. The minimum absolute atomic E-state index is 0.0486. The molecule has 0 radical (unpaired) electrons. The van der Waals surface area contributed by atoms with Gasteiger partial charge < -0.3 is 4.74 Å². The molecule has 1 aromatic rings. The highest BCUT2D eigenvalue weighted by molar-refractivity contribution is 5.72. The van der Waals surface area contributed by atoms with Crippen LogP contribution in [0.3, 0.4) is 0 Å². The summed E-state index contributed by atoms with van der Waals surface area (Å²) in [6.45, 7) is 2.24. The number of halogens is 1. The second-order valence-corrected chi connectivity index (χ2v) is 6.06. The van der Waals surface area contributed by atoms with Crippen molar-refractivity contribution in [3.8, 4) is 11.8 Å². The van der Waals surface area contributed by atoms with E-state index in [9.17, 15) is 9.18 Å². The van der Waals surface area contributed by atoms with Crippen molar-refractivity contribution in [2.75, 3.05) is 0 Å². The summed E-state index contributed by atoms with van der Waals surface area (Å²) < 4.78 is 18.6. The van der Waals surface area contributed by atoms with Crippen molar-refractivity contribution in [3.05, 3.63) is 29.6 Å². The predicted molar refractivity (Wildman–Crippen MR) is 81.7 cm³/mol. The maximum absolute atomic E-state index is 13.4. The Balaban J connectivity index is 1.76. The van der Waals surface area contributed by atoms with E-state index in [4.69, 9.17) is 10.00 Å². The molecule has 0 aromatic heterocycles. The Morgan fingerprint density at radius 1 is 1.32 bits per heavy atom. The molecule has 0 N–H and O–H groups in total. The molecule has 22 heavy (non-hydrogen) atoms. The second kappa shape index (κ2) is 7.93. The van der Waals surface area contributed by atoms with Crippen molar-refractivity contribution in [3.63, 3.8) is 0 Å². The fourth-order valence-electron chi connectivity index (χ4n) is 3.08. The molecule has 0 spiro atoms. The topological polar surface area (TPSA) is 50.1 Å². The number of rotatable bonds is 5. The van der Waals surface area contributed by atoms with Crippen LogP contribution in [-0.2, 0) is 4.79 Å². The lowest BCUT2D eigenvalue weighted by Crippen LogP contribution is -2.16. The van der Waals surface area contributed by atoms with Crippen LogP contribution in [0, 0.1) is 29.0 Å². The Morgan fingerprint density at radius 3 is 2.59 bits per heavy atom. The third kappa shape index (κ3) is 4.56. The number of nitrogens with zero attached hydrogens (tertiary/aromatic N) is 1. The van der Waals surface area contributed by atoms with Crippen LogP contribution in [0.5, 0.6) is 5.75 Å². The van der Waals surface area contributed by atoms with E-state index in [1.807, 2.05) is 0 Å². The van der Waals surface area contributed by atoms with Gasteiger partial charge in [-0.1, -0.05) is 39.0 Å². The first-order valence-electron chi connectivity index (χ1n) is 8.02. The first-order valence-corrected chi connectivity index (χ1v) is 8.02. The van der Waals surface area contributed by atoms with E-state index in [0.717, 1.165) is 18.4 Å². The monoisotopic (exact) mass is 303 g/mol. The van der Waals surface area contributed by atoms with Gasteiger partial charge in [-0.05, 0) is 30.4 Å². The fraction of sp³-hybridized carbons (Fsp3) is 0.556. The lowest BCUT2D eigenvalue weighted by atomic mass is 9.79. The molecule has 0 atom stereocenters. The van der Waals surface area contributed by atoms with Crippen LogP contribution in [0.25, 0.3) is 0 Å². The van der Waals surface area contributed by atoms with Gasteiger partial charge in [-0.2, -0.15) is 5.26 Å². The third-order valence-corrected chi connectivity index (χ3v) is 4.59. The maximum atomic E-state index is 13.4. The quantitative estimate of drug-likeness (QED) is 0.590. The van der Waals surface area contributed by atoms with Crippen LogP contribution in [0.2, 0.25) is 0 Å². The number of benzene rings is 1. The van der Waals surface area contributed by atoms with Crippen LogP contribution in [0.15, 0.2) is 18.2 Å². The smallest absolute Gasteiger partial charge is 0.311 e. The van der Waals surface area contributed by atoms with E-state index in [1.54, 1.807) is 6.07 Å². The molecule has 0 amide bonds. The van der Waals surface area contributed by atoms with Crippen LogP contribution >= 0.6 is 0 Å². The lowest BCUT2D eigenvalue weighted by molar-refractivity contribution is -0.134. The largest absolute Gasteiger partial charge is 0.426 e. The predicted octanol–water partition coefficient (Wildman–Crippen LogP) is 4.60. The Labute approximate surface area is 131 Å². The summed E-state index contributed by atoms with van der Waals surface area (Å²) >= 11 is 0. The minimum atomic E-state index is -0.661. The van der Waals surface area contributed by atoms with E-state index in [1.165, 1.54) is 44.2 Å². The van der Waals surface area contributed by atoms with E-state index < -0.39 is 5.82 Å². The van der Waals surface area contributed by atoms with Gasteiger partial charge in [-0.15, -0.1) is 0 Å².